The topological polar surface area (TPSA) is 47.0 Å². The van der Waals surface area contributed by atoms with E-state index in [1.807, 2.05) is 43.1 Å². The Hall–Kier alpha value is -2.21. The first kappa shape index (κ1) is 17.2. The minimum atomic E-state index is -0.00569. The third-order valence-electron chi connectivity index (χ3n) is 4.71. The average molecular weight is 369 g/mol. The fourth-order valence-electron chi connectivity index (χ4n) is 3.62. The predicted molar refractivity (Wildman–Crippen MR) is 105 cm³/mol. The van der Waals surface area contributed by atoms with Crippen molar-refractivity contribution in [3.63, 3.8) is 0 Å². The van der Waals surface area contributed by atoms with Gasteiger partial charge in [-0.05, 0) is 36.8 Å². The Morgan fingerprint density at radius 2 is 2.12 bits per heavy atom. The average Bonchev–Trinajstić information content (AvgIpc) is 3.19. The lowest BCUT2D eigenvalue weighted by Gasteiger charge is -2.28. The minimum Gasteiger partial charge on any atom is -0.493 e. The van der Waals surface area contributed by atoms with Crippen molar-refractivity contribution in [1.29, 1.82) is 0 Å². The number of hydrogen-bond donors (Lipinski definition) is 0. The smallest absolute Gasteiger partial charge is 0.161 e. The number of hydrogen-bond acceptors (Lipinski definition) is 6. The van der Waals surface area contributed by atoms with Crippen molar-refractivity contribution in [3.05, 3.63) is 53.9 Å². The molecule has 0 N–H and O–H groups in total. The molecule has 2 aliphatic rings. The van der Waals surface area contributed by atoms with Crippen molar-refractivity contribution in [3.8, 4) is 11.5 Å². The molecule has 0 bridgehead atoms. The summed E-state index contributed by atoms with van der Waals surface area (Å²) in [4.78, 5) is 12.0. The highest BCUT2D eigenvalue weighted by molar-refractivity contribution is 8.14. The Morgan fingerprint density at radius 1 is 1.23 bits per heavy atom. The first-order chi connectivity index (χ1) is 12.7. The minimum absolute atomic E-state index is 0.00569. The van der Waals surface area contributed by atoms with Gasteiger partial charge in [0, 0.05) is 18.0 Å². The first-order valence-electron chi connectivity index (χ1n) is 8.94. The zero-order valence-electron chi connectivity index (χ0n) is 15.3. The van der Waals surface area contributed by atoms with Gasteiger partial charge in [0.25, 0.3) is 0 Å². The SMILES string of the molecule is CCOc1ccc([C@H]2[C@H](c3ccccn3)N=C3S[C@@H](C)CN32)cc1OC. The monoisotopic (exact) mass is 369 g/mol. The fraction of sp³-hybridized carbons (Fsp3) is 0.400. The number of methoxy groups -OCH3 is 1. The number of thioether (sulfide) groups is 1. The molecule has 4 rings (SSSR count). The van der Waals surface area contributed by atoms with E-state index in [9.17, 15) is 0 Å². The summed E-state index contributed by atoms with van der Waals surface area (Å²) < 4.78 is 11.2. The molecule has 3 heterocycles. The van der Waals surface area contributed by atoms with Crippen molar-refractivity contribution in [2.45, 2.75) is 31.2 Å². The van der Waals surface area contributed by atoms with E-state index in [4.69, 9.17) is 14.5 Å². The van der Waals surface area contributed by atoms with E-state index in [2.05, 4.69) is 35.0 Å². The van der Waals surface area contributed by atoms with Crippen LogP contribution >= 0.6 is 11.8 Å². The van der Waals surface area contributed by atoms with E-state index >= 15 is 0 Å². The van der Waals surface area contributed by atoms with Crippen LogP contribution in [0.5, 0.6) is 11.5 Å². The maximum absolute atomic E-state index is 5.68. The van der Waals surface area contributed by atoms with Crippen molar-refractivity contribution < 1.29 is 9.47 Å². The van der Waals surface area contributed by atoms with Gasteiger partial charge >= 0.3 is 0 Å². The molecule has 1 aromatic heterocycles. The standard InChI is InChI=1S/C20H23N3O2S/c1-4-25-16-9-8-14(11-17(16)24-3)19-18(15-7-5-6-10-21-15)22-20-23(19)12-13(2)26-20/h5-11,13,18-19H,4,12H2,1-3H3/t13-,18-,19-/m0/s1. The van der Waals surface area contributed by atoms with Gasteiger partial charge in [0.1, 0.15) is 6.04 Å². The third kappa shape index (κ3) is 3.03. The molecule has 136 valence electrons. The predicted octanol–water partition coefficient (Wildman–Crippen LogP) is 4.08. The molecule has 0 spiro atoms. The number of aromatic nitrogens is 1. The molecule has 5 nitrogen and oxygen atoms in total. The lowest BCUT2D eigenvalue weighted by atomic mass is 9.96. The van der Waals surface area contributed by atoms with E-state index < -0.39 is 0 Å². The molecular formula is C20H23N3O2S. The van der Waals surface area contributed by atoms with Crippen LogP contribution in [0.1, 0.15) is 37.2 Å². The summed E-state index contributed by atoms with van der Waals surface area (Å²) in [6.07, 6.45) is 1.84. The molecule has 6 heteroatoms. The van der Waals surface area contributed by atoms with Gasteiger partial charge in [-0.1, -0.05) is 30.8 Å². The number of nitrogens with zero attached hydrogens (tertiary/aromatic N) is 3. The van der Waals surface area contributed by atoms with E-state index in [-0.39, 0.29) is 12.1 Å². The molecule has 0 radical (unpaired) electrons. The fourth-order valence-corrected chi connectivity index (χ4v) is 4.71. The second kappa shape index (κ2) is 7.19. The maximum atomic E-state index is 5.68. The lowest BCUT2D eigenvalue weighted by Crippen LogP contribution is -2.28. The lowest BCUT2D eigenvalue weighted by molar-refractivity contribution is 0.304. The molecule has 2 aliphatic heterocycles. The molecule has 0 unspecified atom stereocenters. The second-order valence-electron chi connectivity index (χ2n) is 6.48. The maximum Gasteiger partial charge on any atom is 0.161 e. The summed E-state index contributed by atoms with van der Waals surface area (Å²) >= 11 is 1.85. The Kier molecular flexibility index (Phi) is 4.76. The number of aliphatic imine (C=N–C) groups is 1. The molecule has 1 aromatic carbocycles. The number of rotatable bonds is 5. The van der Waals surface area contributed by atoms with Crippen LogP contribution in [-0.4, -0.2) is 40.6 Å². The van der Waals surface area contributed by atoms with Crippen molar-refractivity contribution >= 4 is 16.9 Å². The molecule has 26 heavy (non-hydrogen) atoms. The van der Waals surface area contributed by atoms with E-state index in [0.29, 0.717) is 11.9 Å². The molecule has 0 aliphatic carbocycles. The van der Waals surface area contributed by atoms with Crippen LogP contribution in [0.4, 0.5) is 0 Å². The zero-order valence-corrected chi connectivity index (χ0v) is 16.1. The van der Waals surface area contributed by atoms with Crippen molar-refractivity contribution in [2.24, 2.45) is 4.99 Å². The molecular weight excluding hydrogens is 346 g/mol. The summed E-state index contributed by atoms with van der Waals surface area (Å²) in [5.74, 6) is 1.54. The molecule has 0 amide bonds. The summed E-state index contributed by atoms with van der Waals surface area (Å²) in [7, 11) is 1.68. The quantitative estimate of drug-likeness (QED) is 0.795. The number of benzene rings is 1. The Balaban J connectivity index is 1.75. The molecule has 1 fully saturated rings. The zero-order chi connectivity index (χ0) is 18.1. The Morgan fingerprint density at radius 3 is 2.85 bits per heavy atom. The van der Waals surface area contributed by atoms with Crippen molar-refractivity contribution in [1.82, 2.24) is 9.88 Å². The summed E-state index contributed by atoms with van der Waals surface area (Å²) in [5, 5.41) is 1.66. The van der Waals surface area contributed by atoms with Gasteiger partial charge < -0.3 is 14.4 Å². The molecule has 1 saturated heterocycles. The summed E-state index contributed by atoms with van der Waals surface area (Å²) in [6.45, 7) is 5.83. The highest BCUT2D eigenvalue weighted by atomic mass is 32.2. The van der Waals surface area contributed by atoms with Gasteiger partial charge in [-0.25, -0.2) is 0 Å². The Labute approximate surface area is 158 Å². The van der Waals surface area contributed by atoms with Crippen LogP contribution in [0.2, 0.25) is 0 Å². The van der Waals surface area contributed by atoms with E-state index in [1.165, 1.54) is 5.56 Å². The third-order valence-corrected chi connectivity index (χ3v) is 5.81. The normalized spacial score (nSPS) is 24.3. The first-order valence-corrected chi connectivity index (χ1v) is 9.82. The summed E-state index contributed by atoms with van der Waals surface area (Å²) in [5.41, 5.74) is 2.18. The highest BCUT2D eigenvalue weighted by Gasteiger charge is 2.43. The van der Waals surface area contributed by atoms with Gasteiger partial charge in [0.15, 0.2) is 16.7 Å². The molecule has 0 saturated carbocycles. The molecule has 2 aromatic rings. The van der Waals surface area contributed by atoms with Gasteiger partial charge in [-0.3, -0.25) is 9.98 Å². The van der Waals surface area contributed by atoms with Gasteiger partial charge in [-0.2, -0.15) is 0 Å². The number of ether oxygens (including phenoxy) is 2. The van der Waals surface area contributed by atoms with Gasteiger partial charge in [0.2, 0.25) is 0 Å². The number of amidine groups is 1. The van der Waals surface area contributed by atoms with Gasteiger partial charge in [0.05, 0.1) is 25.5 Å². The van der Waals surface area contributed by atoms with E-state index in [1.54, 1.807) is 7.11 Å². The largest absolute Gasteiger partial charge is 0.493 e. The van der Waals surface area contributed by atoms with Gasteiger partial charge in [-0.15, -0.1) is 0 Å². The number of pyridine rings is 1. The van der Waals surface area contributed by atoms with Crippen LogP contribution in [0.25, 0.3) is 0 Å². The van der Waals surface area contributed by atoms with Crippen LogP contribution < -0.4 is 9.47 Å². The highest BCUT2D eigenvalue weighted by Crippen LogP contribution is 2.48. The summed E-state index contributed by atoms with van der Waals surface area (Å²) in [6, 6.07) is 12.4. The van der Waals surface area contributed by atoms with Crippen molar-refractivity contribution in [2.75, 3.05) is 20.3 Å². The van der Waals surface area contributed by atoms with Crippen LogP contribution in [0.15, 0.2) is 47.6 Å². The Bertz CT molecular complexity index is 812. The van der Waals surface area contributed by atoms with Crippen LogP contribution in [0, 0.1) is 0 Å². The van der Waals surface area contributed by atoms with E-state index in [0.717, 1.165) is 28.9 Å². The second-order valence-corrected chi connectivity index (χ2v) is 7.89. The van der Waals surface area contributed by atoms with Crippen LogP contribution in [-0.2, 0) is 0 Å². The number of fused-ring (bicyclic) bond motifs is 1. The van der Waals surface area contributed by atoms with Crippen LogP contribution in [0.3, 0.4) is 0 Å². The molecule has 3 atom stereocenters.